The van der Waals surface area contributed by atoms with E-state index in [-0.39, 0.29) is 5.91 Å². The maximum atomic E-state index is 12.7. The normalized spacial score (nSPS) is 10.4. The molecule has 8 nitrogen and oxygen atoms in total. The molecule has 8 heteroatoms. The summed E-state index contributed by atoms with van der Waals surface area (Å²) in [6.45, 7) is 1.95. The molecule has 0 bridgehead atoms. The van der Waals surface area contributed by atoms with Gasteiger partial charge in [-0.25, -0.2) is 4.68 Å². The first kappa shape index (κ1) is 17.4. The Kier molecular flexibility index (Phi) is 5.12. The van der Waals surface area contributed by atoms with E-state index < -0.39 is 0 Å². The van der Waals surface area contributed by atoms with E-state index in [0.717, 1.165) is 5.69 Å². The van der Waals surface area contributed by atoms with Crippen LogP contribution in [0.15, 0.2) is 42.6 Å². The smallest absolute Gasteiger partial charge is 0.259 e. The van der Waals surface area contributed by atoms with Gasteiger partial charge in [-0.05, 0) is 24.6 Å². The highest BCUT2D eigenvalue weighted by Gasteiger charge is 2.18. The van der Waals surface area contributed by atoms with E-state index in [1.54, 1.807) is 36.1 Å². The summed E-state index contributed by atoms with van der Waals surface area (Å²) < 4.78 is 11.8. The van der Waals surface area contributed by atoms with Crippen molar-refractivity contribution in [3.05, 3.63) is 53.9 Å². The zero-order valence-electron chi connectivity index (χ0n) is 14.8. The lowest BCUT2D eigenvalue weighted by molar-refractivity contribution is 0.102. The van der Waals surface area contributed by atoms with Gasteiger partial charge in [-0.15, -0.1) is 10.2 Å². The van der Waals surface area contributed by atoms with Crippen molar-refractivity contribution < 1.29 is 14.3 Å². The topological polar surface area (TPSA) is 91.2 Å². The second-order valence-electron chi connectivity index (χ2n) is 5.39. The average molecular weight is 353 g/mol. The molecule has 2 heterocycles. The van der Waals surface area contributed by atoms with E-state index in [1.165, 1.54) is 13.3 Å². The monoisotopic (exact) mass is 353 g/mol. The molecule has 0 spiro atoms. The molecule has 3 aromatic rings. The molecule has 0 atom stereocenters. The maximum absolute atomic E-state index is 12.7. The van der Waals surface area contributed by atoms with E-state index in [0.29, 0.717) is 35.1 Å². The molecule has 1 aromatic carbocycles. The molecule has 0 radical (unpaired) electrons. The van der Waals surface area contributed by atoms with Crippen LogP contribution in [0.5, 0.6) is 11.6 Å². The van der Waals surface area contributed by atoms with Crippen molar-refractivity contribution in [1.82, 2.24) is 20.0 Å². The van der Waals surface area contributed by atoms with Gasteiger partial charge in [0.05, 0.1) is 31.7 Å². The summed E-state index contributed by atoms with van der Waals surface area (Å²) >= 11 is 0. The number of benzene rings is 1. The first-order chi connectivity index (χ1) is 12.7. The summed E-state index contributed by atoms with van der Waals surface area (Å²) in [5.41, 5.74) is 1.87. The van der Waals surface area contributed by atoms with Gasteiger partial charge >= 0.3 is 0 Å². The van der Waals surface area contributed by atoms with Crippen LogP contribution in [-0.4, -0.2) is 40.1 Å². The van der Waals surface area contributed by atoms with Gasteiger partial charge in [-0.1, -0.05) is 13.0 Å². The lowest BCUT2D eigenvalue weighted by Crippen LogP contribution is -2.14. The molecular formula is C18H19N5O3. The second kappa shape index (κ2) is 7.64. The van der Waals surface area contributed by atoms with Gasteiger partial charge in [0.25, 0.3) is 5.91 Å². The van der Waals surface area contributed by atoms with Gasteiger partial charge in [0.2, 0.25) is 5.88 Å². The SMILES string of the molecule is CCc1c(C(=O)Nc2cccc(OC)c2)cnn1-c1ccc(OC)nn1. The average Bonchev–Trinajstić information content (AvgIpc) is 3.12. The summed E-state index contributed by atoms with van der Waals surface area (Å²) in [4.78, 5) is 12.7. The molecule has 0 aliphatic rings. The highest BCUT2D eigenvalue weighted by Crippen LogP contribution is 2.20. The Morgan fingerprint density at radius 2 is 2.00 bits per heavy atom. The predicted molar refractivity (Wildman–Crippen MR) is 96.0 cm³/mol. The Morgan fingerprint density at radius 1 is 1.15 bits per heavy atom. The highest BCUT2D eigenvalue weighted by atomic mass is 16.5. The minimum Gasteiger partial charge on any atom is -0.497 e. The molecule has 1 amide bonds. The van der Waals surface area contributed by atoms with Gasteiger partial charge in [0.15, 0.2) is 5.82 Å². The summed E-state index contributed by atoms with van der Waals surface area (Å²) in [5, 5.41) is 15.2. The van der Waals surface area contributed by atoms with Crippen LogP contribution in [0.25, 0.3) is 5.82 Å². The molecule has 0 fully saturated rings. The number of nitrogens with one attached hydrogen (secondary N) is 1. The molecule has 2 aromatic heterocycles. The van der Waals surface area contributed by atoms with Gasteiger partial charge in [-0.2, -0.15) is 5.10 Å². The maximum Gasteiger partial charge on any atom is 0.259 e. The van der Waals surface area contributed by atoms with E-state index in [1.807, 2.05) is 19.1 Å². The molecule has 0 saturated heterocycles. The first-order valence-corrected chi connectivity index (χ1v) is 8.06. The molecule has 26 heavy (non-hydrogen) atoms. The Labute approximate surface area is 150 Å². The van der Waals surface area contributed by atoms with Gasteiger partial charge in [0.1, 0.15) is 5.75 Å². The fourth-order valence-corrected chi connectivity index (χ4v) is 2.54. The van der Waals surface area contributed by atoms with E-state index in [4.69, 9.17) is 9.47 Å². The number of carbonyl (C=O) groups is 1. The van der Waals surface area contributed by atoms with Crippen LogP contribution in [0.4, 0.5) is 5.69 Å². The van der Waals surface area contributed by atoms with Crippen molar-refractivity contribution in [2.24, 2.45) is 0 Å². The van der Waals surface area contributed by atoms with Crippen LogP contribution in [0.1, 0.15) is 23.0 Å². The third-order valence-electron chi connectivity index (χ3n) is 3.83. The first-order valence-electron chi connectivity index (χ1n) is 8.06. The van der Waals surface area contributed by atoms with Crippen molar-refractivity contribution in [2.75, 3.05) is 19.5 Å². The van der Waals surface area contributed by atoms with E-state index in [2.05, 4.69) is 20.6 Å². The molecule has 0 unspecified atom stereocenters. The van der Waals surface area contributed by atoms with Crippen LogP contribution in [0, 0.1) is 0 Å². The largest absolute Gasteiger partial charge is 0.497 e. The van der Waals surface area contributed by atoms with Crippen molar-refractivity contribution in [3.63, 3.8) is 0 Å². The summed E-state index contributed by atoms with van der Waals surface area (Å²) in [7, 11) is 3.10. The summed E-state index contributed by atoms with van der Waals surface area (Å²) in [5.74, 6) is 1.35. The minimum absolute atomic E-state index is 0.247. The Bertz CT molecular complexity index is 905. The number of carbonyl (C=O) groups excluding carboxylic acids is 1. The minimum atomic E-state index is -0.247. The Hall–Kier alpha value is -3.42. The van der Waals surface area contributed by atoms with Crippen molar-refractivity contribution in [3.8, 4) is 17.4 Å². The quantitative estimate of drug-likeness (QED) is 0.732. The zero-order chi connectivity index (χ0) is 18.5. The molecule has 3 rings (SSSR count). The number of rotatable bonds is 6. The second-order valence-corrected chi connectivity index (χ2v) is 5.39. The van der Waals surface area contributed by atoms with Crippen LogP contribution >= 0.6 is 0 Å². The fraction of sp³-hybridized carbons (Fsp3) is 0.222. The zero-order valence-corrected chi connectivity index (χ0v) is 14.8. The summed E-state index contributed by atoms with van der Waals surface area (Å²) in [6.07, 6.45) is 2.13. The number of anilines is 1. The molecular weight excluding hydrogens is 334 g/mol. The predicted octanol–water partition coefficient (Wildman–Crippen LogP) is 2.49. The Morgan fingerprint density at radius 3 is 2.65 bits per heavy atom. The van der Waals surface area contributed by atoms with E-state index in [9.17, 15) is 4.79 Å². The third-order valence-corrected chi connectivity index (χ3v) is 3.83. The number of hydrogen-bond acceptors (Lipinski definition) is 6. The van der Waals surface area contributed by atoms with Gasteiger partial charge < -0.3 is 14.8 Å². The number of ether oxygens (including phenoxy) is 2. The number of amides is 1. The molecule has 1 N–H and O–H groups in total. The molecule has 134 valence electrons. The summed E-state index contributed by atoms with van der Waals surface area (Å²) in [6, 6.07) is 10.6. The van der Waals surface area contributed by atoms with Gasteiger partial charge in [-0.3, -0.25) is 4.79 Å². The molecule has 0 saturated carbocycles. The van der Waals surface area contributed by atoms with Crippen molar-refractivity contribution in [2.45, 2.75) is 13.3 Å². The van der Waals surface area contributed by atoms with E-state index >= 15 is 0 Å². The van der Waals surface area contributed by atoms with Crippen molar-refractivity contribution in [1.29, 1.82) is 0 Å². The Balaban J connectivity index is 1.87. The number of methoxy groups -OCH3 is 2. The van der Waals surface area contributed by atoms with Crippen LogP contribution in [0.3, 0.4) is 0 Å². The van der Waals surface area contributed by atoms with Crippen LogP contribution < -0.4 is 14.8 Å². The molecule has 0 aliphatic carbocycles. The van der Waals surface area contributed by atoms with Gasteiger partial charge in [0, 0.05) is 17.8 Å². The van der Waals surface area contributed by atoms with Crippen molar-refractivity contribution >= 4 is 11.6 Å². The van der Waals surface area contributed by atoms with Crippen LogP contribution in [-0.2, 0) is 6.42 Å². The van der Waals surface area contributed by atoms with Crippen LogP contribution in [0.2, 0.25) is 0 Å². The number of nitrogens with zero attached hydrogens (tertiary/aromatic N) is 4. The fourth-order valence-electron chi connectivity index (χ4n) is 2.54. The third kappa shape index (κ3) is 3.49. The standard InChI is InChI=1S/C18H19N5O3/c1-4-15-14(18(24)20-12-6-5-7-13(10-12)25-2)11-19-23(15)16-8-9-17(26-3)22-21-16/h5-11H,4H2,1-3H3,(H,20,24). The lowest BCUT2D eigenvalue weighted by Gasteiger charge is -2.09. The highest BCUT2D eigenvalue weighted by molar-refractivity contribution is 6.05. The number of aromatic nitrogens is 4. The lowest BCUT2D eigenvalue weighted by atomic mass is 10.2. The number of hydrogen-bond donors (Lipinski definition) is 1. The molecule has 0 aliphatic heterocycles.